The Morgan fingerprint density at radius 1 is 1.10 bits per heavy atom. The molecule has 0 fully saturated rings. The van der Waals surface area contributed by atoms with Crippen molar-refractivity contribution >= 4 is 27.5 Å². The molecule has 2 rings (SSSR count). The molecule has 0 atom stereocenters. The second-order valence-corrected chi connectivity index (χ2v) is 5.25. The van der Waals surface area contributed by atoms with Crippen molar-refractivity contribution in [2.75, 3.05) is 5.32 Å². The Labute approximate surface area is 128 Å². The van der Waals surface area contributed by atoms with Crippen molar-refractivity contribution in [2.24, 2.45) is 0 Å². The molecular formula is C17H18BrNO. The molecule has 1 N–H and O–H groups in total. The fraction of sp³-hybridized carbons (Fsp3) is 0.235. The number of para-hydroxylation sites is 1. The van der Waals surface area contributed by atoms with Crippen LogP contribution in [0.5, 0.6) is 0 Å². The molecule has 0 heterocycles. The molecule has 0 aliphatic carbocycles. The molecule has 3 heteroatoms. The van der Waals surface area contributed by atoms with E-state index >= 15 is 0 Å². The summed E-state index contributed by atoms with van der Waals surface area (Å²) < 4.78 is 0. The van der Waals surface area contributed by atoms with Crippen molar-refractivity contribution in [3.8, 4) is 0 Å². The minimum Gasteiger partial charge on any atom is -0.322 e. The Kier molecular flexibility index (Phi) is 5.36. The average Bonchev–Trinajstić information content (AvgIpc) is 2.49. The standard InChI is InChI=1S/C17H18BrNO/c1-2-5-14-6-3-4-7-16(14)19-17(20)15-10-8-13(12-18)9-11-15/h3-4,6-11H,2,5,12H2,1H3,(H,19,20). The molecule has 104 valence electrons. The topological polar surface area (TPSA) is 29.1 Å². The molecule has 0 saturated carbocycles. The van der Waals surface area contributed by atoms with Crippen molar-refractivity contribution in [3.63, 3.8) is 0 Å². The number of halogens is 1. The predicted molar refractivity (Wildman–Crippen MR) is 87.5 cm³/mol. The van der Waals surface area contributed by atoms with Gasteiger partial charge in [0.25, 0.3) is 5.91 Å². The van der Waals surface area contributed by atoms with E-state index in [9.17, 15) is 4.79 Å². The number of hydrogen-bond donors (Lipinski definition) is 1. The van der Waals surface area contributed by atoms with Crippen molar-refractivity contribution in [3.05, 3.63) is 65.2 Å². The van der Waals surface area contributed by atoms with Gasteiger partial charge in [0.15, 0.2) is 0 Å². The Morgan fingerprint density at radius 3 is 2.45 bits per heavy atom. The molecule has 0 spiro atoms. The van der Waals surface area contributed by atoms with Gasteiger partial charge in [-0.2, -0.15) is 0 Å². The highest BCUT2D eigenvalue weighted by atomic mass is 79.9. The lowest BCUT2D eigenvalue weighted by Crippen LogP contribution is -2.13. The number of nitrogens with one attached hydrogen (secondary N) is 1. The fourth-order valence-electron chi connectivity index (χ4n) is 2.07. The number of carbonyl (C=O) groups excluding carboxylic acids is 1. The van der Waals surface area contributed by atoms with Gasteiger partial charge in [0.05, 0.1) is 0 Å². The normalized spacial score (nSPS) is 10.3. The summed E-state index contributed by atoms with van der Waals surface area (Å²) in [5, 5.41) is 3.80. The van der Waals surface area contributed by atoms with Gasteiger partial charge in [-0.3, -0.25) is 4.79 Å². The first-order valence-corrected chi connectivity index (χ1v) is 7.91. The third-order valence-electron chi connectivity index (χ3n) is 3.16. The molecule has 20 heavy (non-hydrogen) atoms. The van der Waals surface area contributed by atoms with Crippen LogP contribution in [0, 0.1) is 0 Å². The molecule has 0 radical (unpaired) electrons. The van der Waals surface area contributed by atoms with Crippen LogP contribution in [0.15, 0.2) is 48.5 Å². The van der Waals surface area contributed by atoms with E-state index in [2.05, 4.69) is 34.2 Å². The van der Waals surface area contributed by atoms with Gasteiger partial charge in [0, 0.05) is 16.6 Å². The van der Waals surface area contributed by atoms with E-state index in [4.69, 9.17) is 0 Å². The van der Waals surface area contributed by atoms with Crippen LogP contribution in [0.2, 0.25) is 0 Å². The van der Waals surface area contributed by atoms with Gasteiger partial charge in [0.1, 0.15) is 0 Å². The zero-order chi connectivity index (χ0) is 14.4. The molecule has 2 aromatic rings. The van der Waals surface area contributed by atoms with Gasteiger partial charge in [0.2, 0.25) is 0 Å². The maximum atomic E-state index is 12.2. The minimum atomic E-state index is -0.0605. The summed E-state index contributed by atoms with van der Waals surface area (Å²) in [7, 11) is 0. The molecule has 0 saturated heterocycles. The molecule has 2 aromatic carbocycles. The number of alkyl halides is 1. The van der Waals surface area contributed by atoms with Crippen molar-refractivity contribution in [2.45, 2.75) is 25.1 Å². The molecule has 0 aliphatic heterocycles. The first-order valence-electron chi connectivity index (χ1n) is 6.78. The summed E-state index contributed by atoms with van der Waals surface area (Å²) >= 11 is 3.40. The number of aryl methyl sites for hydroxylation is 1. The summed E-state index contributed by atoms with van der Waals surface area (Å²) in [6.07, 6.45) is 2.03. The fourth-order valence-corrected chi connectivity index (χ4v) is 2.44. The van der Waals surface area contributed by atoms with Crippen molar-refractivity contribution in [1.82, 2.24) is 0 Å². The van der Waals surface area contributed by atoms with Crippen molar-refractivity contribution in [1.29, 1.82) is 0 Å². The quantitative estimate of drug-likeness (QED) is 0.784. The smallest absolute Gasteiger partial charge is 0.255 e. The first-order chi connectivity index (χ1) is 9.74. The van der Waals surface area contributed by atoms with Gasteiger partial charge in [-0.05, 0) is 35.7 Å². The van der Waals surface area contributed by atoms with Crippen LogP contribution in [0.1, 0.15) is 34.8 Å². The van der Waals surface area contributed by atoms with Crippen LogP contribution in [0.25, 0.3) is 0 Å². The predicted octanol–water partition coefficient (Wildman–Crippen LogP) is 4.79. The maximum absolute atomic E-state index is 12.2. The molecule has 1 amide bonds. The van der Waals surface area contributed by atoms with E-state index in [1.54, 1.807) is 0 Å². The Bertz CT molecular complexity index is 578. The SMILES string of the molecule is CCCc1ccccc1NC(=O)c1ccc(CBr)cc1. The summed E-state index contributed by atoms with van der Waals surface area (Å²) in [5.41, 5.74) is 3.93. The summed E-state index contributed by atoms with van der Waals surface area (Å²) in [6, 6.07) is 15.6. The van der Waals surface area contributed by atoms with E-state index in [1.807, 2.05) is 42.5 Å². The van der Waals surface area contributed by atoms with E-state index in [-0.39, 0.29) is 5.91 Å². The first kappa shape index (κ1) is 14.8. The van der Waals surface area contributed by atoms with E-state index in [1.165, 1.54) is 5.56 Å². The lowest BCUT2D eigenvalue weighted by molar-refractivity contribution is 0.102. The number of amides is 1. The van der Waals surface area contributed by atoms with Crippen LogP contribution >= 0.6 is 15.9 Å². The van der Waals surface area contributed by atoms with Crippen LogP contribution in [0.4, 0.5) is 5.69 Å². The van der Waals surface area contributed by atoms with E-state index < -0.39 is 0 Å². The van der Waals surface area contributed by atoms with Gasteiger partial charge in [-0.1, -0.05) is 59.6 Å². The van der Waals surface area contributed by atoms with Crippen LogP contribution in [-0.4, -0.2) is 5.91 Å². The minimum absolute atomic E-state index is 0.0605. The van der Waals surface area contributed by atoms with E-state index in [0.29, 0.717) is 5.56 Å². The Hall–Kier alpha value is -1.61. The van der Waals surface area contributed by atoms with Crippen LogP contribution in [-0.2, 0) is 11.8 Å². The molecule has 0 aliphatic rings. The number of anilines is 1. The van der Waals surface area contributed by atoms with Gasteiger partial charge >= 0.3 is 0 Å². The highest BCUT2D eigenvalue weighted by molar-refractivity contribution is 9.08. The zero-order valence-corrected chi connectivity index (χ0v) is 13.1. The maximum Gasteiger partial charge on any atom is 0.255 e. The third kappa shape index (κ3) is 3.70. The van der Waals surface area contributed by atoms with Crippen LogP contribution in [0.3, 0.4) is 0 Å². The molecule has 0 bridgehead atoms. The number of rotatable bonds is 5. The summed E-state index contributed by atoms with van der Waals surface area (Å²) in [4.78, 5) is 12.2. The van der Waals surface area contributed by atoms with Crippen molar-refractivity contribution < 1.29 is 4.79 Å². The summed E-state index contributed by atoms with van der Waals surface area (Å²) in [5.74, 6) is -0.0605. The molecule has 2 nitrogen and oxygen atoms in total. The number of benzene rings is 2. The molecule has 0 unspecified atom stereocenters. The molecular weight excluding hydrogens is 314 g/mol. The highest BCUT2D eigenvalue weighted by Crippen LogP contribution is 2.18. The van der Waals surface area contributed by atoms with Gasteiger partial charge < -0.3 is 5.32 Å². The Morgan fingerprint density at radius 2 is 1.80 bits per heavy atom. The van der Waals surface area contributed by atoms with E-state index in [0.717, 1.165) is 29.4 Å². The monoisotopic (exact) mass is 331 g/mol. The van der Waals surface area contributed by atoms with Gasteiger partial charge in [-0.15, -0.1) is 0 Å². The zero-order valence-electron chi connectivity index (χ0n) is 11.5. The highest BCUT2D eigenvalue weighted by Gasteiger charge is 2.08. The van der Waals surface area contributed by atoms with Gasteiger partial charge in [-0.25, -0.2) is 0 Å². The lowest BCUT2D eigenvalue weighted by atomic mass is 10.1. The third-order valence-corrected chi connectivity index (χ3v) is 3.80. The summed E-state index contributed by atoms with van der Waals surface area (Å²) in [6.45, 7) is 2.14. The second kappa shape index (κ2) is 7.25. The van der Waals surface area contributed by atoms with Crippen LogP contribution < -0.4 is 5.32 Å². The lowest BCUT2D eigenvalue weighted by Gasteiger charge is -2.10. The Balaban J connectivity index is 2.14. The largest absolute Gasteiger partial charge is 0.322 e. The number of carbonyl (C=O) groups is 1. The number of hydrogen-bond acceptors (Lipinski definition) is 1. The molecule has 0 aromatic heterocycles. The second-order valence-electron chi connectivity index (χ2n) is 4.69. The average molecular weight is 332 g/mol.